The van der Waals surface area contributed by atoms with Gasteiger partial charge < -0.3 is 24.8 Å². The molecule has 14 nitrogen and oxygen atoms in total. The summed E-state index contributed by atoms with van der Waals surface area (Å²) in [5.74, 6) is -3.87. The molecule has 3 fully saturated rings. The minimum atomic E-state index is -5.09. The van der Waals surface area contributed by atoms with Crippen LogP contribution in [0.5, 0.6) is 11.6 Å². The van der Waals surface area contributed by atoms with Gasteiger partial charge >= 0.3 is 12.3 Å². The van der Waals surface area contributed by atoms with Gasteiger partial charge in [0, 0.05) is 29.3 Å². The molecule has 4 aliphatic rings. The summed E-state index contributed by atoms with van der Waals surface area (Å²) in [5, 5.41) is 14.5. The molecule has 3 N–H and O–H groups in total. The molecule has 318 valence electrons. The summed E-state index contributed by atoms with van der Waals surface area (Å²) in [4.78, 5) is 62.3. The number of carbonyl (C=O) groups excluding carboxylic acids is 3. The maximum absolute atomic E-state index is 15.1. The van der Waals surface area contributed by atoms with E-state index in [0.717, 1.165) is 4.90 Å². The number of sulfonamides is 1. The fourth-order valence-corrected chi connectivity index (χ4v) is 9.66. The largest absolute Gasteiger partial charge is 0.496 e. The molecule has 1 aromatic heterocycles. The van der Waals surface area contributed by atoms with Crippen LogP contribution in [0.3, 0.4) is 0 Å². The predicted molar refractivity (Wildman–Crippen MR) is 206 cm³/mol. The van der Waals surface area contributed by atoms with Crippen LogP contribution in [0.25, 0.3) is 10.8 Å². The third-order valence-corrected chi connectivity index (χ3v) is 14.7. The Hall–Kier alpha value is -4.61. The zero-order valence-corrected chi connectivity index (χ0v) is 34.3. The van der Waals surface area contributed by atoms with E-state index in [1.165, 1.54) is 20.2 Å². The van der Waals surface area contributed by atoms with E-state index in [4.69, 9.17) is 9.47 Å². The van der Waals surface area contributed by atoms with E-state index in [-0.39, 0.29) is 48.9 Å². The maximum atomic E-state index is 15.1. The number of alkyl halides is 3. The number of methoxy groups -OCH3 is 1. The number of allylic oxidation sites excluding steroid dienone is 1. The van der Waals surface area contributed by atoms with Crippen molar-refractivity contribution in [3.05, 3.63) is 42.6 Å². The number of carbonyl (C=O) groups is 4. The van der Waals surface area contributed by atoms with Gasteiger partial charge in [-0.1, -0.05) is 38.5 Å². The van der Waals surface area contributed by atoms with Crippen LogP contribution in [0, 0.1) is 17.8 Å². The lowest BCUT2D eigenvalue weighted by Gasteiger charge is -2.46. The Morgan fingerprint density at radius 2 is 1.84 bits per heavy atom. The number of benzene rings is 1. The molecule has 0 bridgehead atoms. The van der Waals surface area contributed by atoms with E-state index < -0.39 is 85.9 Å². The highest BCUT2D eigenvalue weighted by atomic mass is 32.2. The van der Waals surface area contributed by atoms with Crippen molar-refractivity contribution in [1.29, 1.82) is 0 Å². The Labute approximate surface area is 335 Å². The van der Waals surface area contributed by atoms with Crippen LogP contribution in [0.4, 0.5) is 18.0 Å². The Kier molecular flexibility index (Phi) is 11.5. The first-order chi connectivity index (χ1) is 27.1. The zero-order chi connectivity index (χ0) is 42.6. The van der Waals surface area contributed by atoms with E-state index in [1.807, 2.05) is 13.0 Å². The lowest BCUT2D eigenvalue weighted by atomic mass is 9.82. The SMILES string of the molecule is CC[C@@H]1C[C@@H](C)CC/C=C\[C@@H]2C[C@@]2(C(=O)NS(=O)(=O)C2(C)CC2)NC(=O)[C@@H]2C[C@@H](Oc3nccc4c(OC)cccc34)CN2C(=O)[C@H]1N(C(=O)O)C(C)(C)C(F)(F)F. The molecular formula is C40H52F3N5O9S. The second-order valence-electron chi connectivity index (χ2n) is 17.0. The molecule has 2 aliphatic heterocycles. The van der Waals surface area contributed by atoms with Gasteiger partial charge in [0.15, 0.2) is 0 Å². The maximum Gasteiger partial charge on any atom is 0.411 e. The topological polar surface area (TPSA) is 185 Å². The van der Waals surface area contributed by atoms with Crippen LogP contribution in [0.2, 0.25) is 0 Å². The highest BCUT2D eigenvalue weighted by molar-refractivity contribution is 7.91. The third kappa shape index (κ3) is 7.92. The van der Waals surface area contributed by atoms with Crippen LogP contribution in [-0.2, 0) is 24.4 Å². The van der Waals surface area contributed by atoms with Gasteiger partial charge in [-0.15, -0.1) is 0 Å². The summed E-state index contributed by atoms with van der Waals surface area (Å²) in [6.07, 6.45) is -1.13. The average molecular weight is 836 g/mol. The number of carboxylic acid groups (broad SMARTS) is 1. The normalized spacial score (nSPS) is 29.5. The van der Waals surface area contributed by atoms with Crippen LogP contribution in [-0.4, -0.2) is 106 Å². The quantitative estimate of drug-likeness (QED) is 0.271. The molecule has 1 saturated heterocycles. The Morgan fingerprint density at radius 3 is 2.47 bits per heavy atom. The predicted octanol–water partition coefficient (Wildman–Crippen LogP) is 5.56. The average Bonchev–Trinajstić information content (AvgIpc) is 4.03. The van der Waals surface area contributed by atoms with Gasteiger partial charge in [-0.05, 0) is 89.3 Å². The van der Waals surface area contributed by atoms with Crippen molar-refractivity contribution in [2.75, 3.05) is 13.7 Å². The summed E-state index contributed by atoms with van der Waals surface area (Å²) < 4.78 is 83.7. The first kappa shape index (κ1) is 43.0. The van der Waals surface area contributed by atoms with E-state index in [9.17, 15) is 41.1 Å². The molecular weight excluding hydrogens is 784 g/mol. The van der Waals surface area contributed by atoms with Crippen LogP contribution in [0.1, 0.15) is 86.0 Å². The second kappa shape index (κ2) is 15.5. The number of amides is 4. The van der Waals surface area contributed by atoms with Gasteiger partial charge in [-0.2, -0.15) is 13.2 Å². The van der Waals surface area contributed by atoms with Crippen LogP contribution >= 0.6 is 0 Å². The summed E-state index contributed by atoms with van der Waals surface area (Å²) in [7, 11) is -2.62. The molecule has 7 atom stereocenters. The number of nitrogens with zero attached hydrogens (tertiary/aromatic N) is 3. The molecule has 2 aliphatic carbocycles. The Bertz CT molecular complexity index is 2090. The smallest absolute Gasteiger partial charge is 0.411 e. The highest BCUT2D eigenvalue weighted by Gasteiger charge is 2.64. The summed E-state index contributed by atoms with van der Waals surface area (Å²) in [5.41, 5.74) is -4.75. The van der Waals surface area contributed by atoms with E-state index in [2.05, 4.69) is 15.0 Å². The number of halogens is 3. The summed E-state index contributed by atoms with van der Waals surface area (Å²) in [6.45, 7) is 6.13. The van der Waals surface area contributed by atoms with E-state index >= 15 is 4.79 Å². The number of nitrogens with one attached hydrogen (secondary N) is 2. The number of fused-ring (bicyclic) bond motifs is 3. The number of aromatic nitrogens is 1. The molecule has 6 rings (SSSR count). The standard InChI is InChI=1S/C40H52F3N5O9S/c1-7-24-19-23(2)11-8-9-12-25-21-39(25,35(51)46-58(54,55)38(5)16-17-38)45-32(49)29-20-26(57-33-28-13-10-14-30(56-6)27(28)15-18-44-33)22-47(29)34(50)31(24)48(36(52)53)37(3,4)40(41,42)43/h9-10,12-15,18,23-26,29,31H,7-8,11,16-17,19-22H2,1-6H3,(H,45,49)(H,46,51)(H,52,53)/b12-9-/t23-,24+,25+,26+,29-,31-,39+/m0/s1. The first-order valence-corrected chi connectivity index (χ1v) is 21.1. The van der Waals surface area contributed by atoms with Gasteiger partial charge in [0.2, 0.25) is 27.7 Å². The van der Waals surface area contributed by atoms with Gasteiger partial charge in [-0.3, -0.25) is 24.0 Å². The van der Waals surface area contributed by atoms with Crippen LogP contribution in [0.15, 0.2) is 42.6 Å². The van der Waals surface area contributed by atoms with Crippen molar-refractivity contribution >= 4 is 44.6 Å². The second-order valence-corrected chi connectivity index (χ2v) is 19.2. The molecule has 18 heteroatoms. The summed E-state index contributed by atoms with van der Waals surface area (Å²) in [6, 6.07) is 3.56. The van der Waals surface area contributed by atoms with Crippen molar-refractivity contribution in [3.63, 3.8) is 0 Å². The Morgan fingerprint density at radius 1 is 1.14 bits per heavy atom. The van der Waals surface area contributed by atoms with Gasteiger partial charge in [0.05, 0.1) is 18.4 Å². The lowest BCUT2D eigenvalue weighted by Crippen LogP contribution is -2.66. The molecule has 3 heterocycles. The van der Waals surface area contributed by atoms with E-state index in [1.54, 1.807) is 37.3 Å². The van der Waals surface area contributed by atoms with E-state index in [0.29, 0.717) is 56.1 Å². The highest BCUT2D eigenvalue weighted by Crippen LogP contribution is 2.48. The fraction of sp³-hybridized carbons (Fsp3) is 0.625. The van der Waals surface area contributed by atoms with Crippen LogP contribution < -0.4 is 19.5 Å². The van der Waals surface area contributed by atoms with Crippen molar-refractivity contribution in [2.24, 2.45) is 17.8 Å². The number of rotatable bonds is 9. The Balaban J connectivity index is 1.44. The number of pyridine rings is 1. The molecule has 1 aromatic carbocycles. The number of ether oxygens (including phenoxy) is 2. The number of hydrogen-bond acceptors (Lipinski definition) is 9. The minimum absolute atomic E-state index is 0.0539. The minimum Gasteiger partial charge on any atom is -0.496 e. The fourth-order valence-electron chi connectivity index (χ4n) is 8.35. The molecule has 58 heavy (non-hydrogen) atoms. The molecule has 2 aromatic rings. The molecule has 0 spiro atoms. The molecule has 2 saturated carbocycles. The van der Waals surface area contributed by atoms with Crippen molar-refractivity contribution in [1.82, 2.24) is 24.8 Å². The molecule has 4 amide bonds. The molecule has 0 radical (unpaired) electrons. The first-order valence-electron chi connectivity index (χ1n) is 19.6. The van der Waals surface area contributed by atoms with Crippen molar-refractivity contribution in [3.8, 4) is 11.6 Å². The third-order valence-electron chi connectivity index (χ3n) is 12.6. The van der Waals surface area contributed by atoms with Crippen molar-refractivity contribution < 1.29 is 55.3 Å². The van der Waals surface area contributed by atoms with Gasteiger partial charge in [0.25, 0.3) is 5.91 Å². The van der Waals surface area contributed by atoms with Gasteiger partial charge in [-0.25, -0.2) is 18.2 Å². The van der Waals surface area contributed by atoms with Gasteiger partial charge in [0.1, 0.15) is 35.0 Å². The monoisotopic (exact) mass is 835 g/mol. The number of hydrogen-bond donors (Lipinski definition) is 3. The molecule has 0 unspecified atom stereocenters. The zero-order valence-electron chi connectivity index (χ0n) is 33.5. The lowest BCUT2D eigenvalue weighted by molar-refractivity contribution is -0.222. The summed E-state index contributed by atoms with van der Waals surface area (Å²) >= 11 is 0. The van der Waals surface area contributed by atoms with Crippen molar-refractivity contribution in [2.45, 2.75) is 126 Å².